The summed E-state index contributed by atoms with van der Waals surface area (Å²) in [6.45, 7) is 2.45. The number of aromatic amines is 1. The highest BCUT2D eigenvalue weighted by Crippen LogP contribution is 2.38. The van der Waals surface area contributed by atoms with Crippen LogP contribution in [0.4, 0.5) is 5.82 Å². The third kappa shape index (κ3) is 2.63. The number of nitrogens with zero attached hydrogens (tertiary/aromatic N) is 6. The van der Waals surface area contributed by atoms with Gasteiger partial charge >= 0.3 is 0 Å². The normalized spacial score (nSPS) is 20.6. The van der Waals surface area contributed by atoms with Crippen LogP contribution in [-0.2, 0) is 6.54 Å². The zero-order valence-electron chi connectivity index (χ0n) is 15.7. The maximum atomic E-state index is 12.9. The van der Waals surface area contributed by atoms with E-state index in [4.69, 9.17) is 0 Å². The van der Waals surface area contributed by atoms with E-state index in [0.717, 1.165) is 59.7 Å². The molecule has 6 heterocycles. The quantitative estimate of drug-likeness (QED) is 0.569. The topological polar surface area (TPSA) is 92.6 Å². The molecule has 1 fully saturated rings. The van der Waals surface area contributed by atoms with Crippen LogP contribution in [-0.4, -0.2) is 42.8 Å². The van der Waals surface area contributed by atoms with Crippen molar-refractivity contribution in [1.82, 2.24) is 29.7 Å². The van der Waals surface area contributed by atoms with Gasteiger partial charge in [0.25, 0.3) is 5.56 Å². The van der Waals surface area contributed by atoms with E-state index in [0.29, 0.717) is 5.92 Å². The Morgan fingerprint density at radius 3 is 2.93 bits per heavy atom. The highest BCUT2D eigenvalue weighted by atomic mass is 16.1. The third-order valence-corrected chi connectivity index (χ3v) is 6.08. The van der Waals surface area contributed by atoms with Gasteiger partial charge in [0.2, 0.25) is 0 Å². The van der Waals surface area contributed by atoms with Crippen molar-refractivity contribution in [2.24, 2.45) is 5.92 Å². The second kappa shape index (κ2) is 6.23. The lowest BCUT2D eigenvalue weighted by Gasteiger charge is -2.43. The second-order valence-electron chi connectivity index (χ2n) is 7.89. The summed E-state index contributed by atoms with van der Waals surface area (Å²) in [5, 5.41) is 7.97. The van der Waals surface area contributed by atoms with Crippen LogP contribution in [0.5, 0.6) is 0 Å². The number of rotatable bonds is 2. The van der Waals surface area contributed by atoms with Crippen LogP contribution < -0.4 is 10.5 Å². The van der Waals surface area contributed by atoms with Gasteiger partial charge in [-0.25, -0.2) is 9.97 Å². The third-order valence-electron chi connectivity index (χ3n) is 6.08. The van der Waals surface area contributed by atoms with E-state index in [1.54, 1.807) is 31.0 Å². The Bertz CT molecular complexity index is 1260. The van der Waals surface area contributed by atoms with Gasteiger partial charge in [-0.1, -0.05) is 6.07 Å². The molecule has 0 unspecified atom stereocenters. The monoisotopic (exact) mass is 385 g/mol. The summed E-state index contributed by atoms with van der Waals surface area (Å²) in [6, 6.07) is 7.79. The number of nitrogens with one attached hydrogen (secondary N) is 1. The number of pyridine rings is 2. The molecule has 1 saturated heterocycles. The summed E-state index contributed by atoms with van der Waals surface area (Å²) in [4.78, 5) is 28.2. The molecule has 8 nitrogen and oxygen atoms in total. The van der Waals surface area contributed by atoms with Crippen molar-refractivity contribution in [2.45, 2.75) is 18.9 Å². The molecule has 0 aliphatic carbocycles. The first-order chi connectivity index (χ1) is 14.3. The van der Waals surface area contributed by atoms with Crippen molar-refractivity contribution in [1.29, 1.82) is 0 Å². The fourth-order valence-corrected chi connectivity index (χ4v) is 4.84. The minimum absolute atomic E-state index is 0.0729. The zero-order valence-corrected chi connectivity index (χ0v) is 15.7. The Morgan fingerprint density at radius 1 is 1.07 bits per heavy atom. The average Bonchev–Trinajstić information content (AvgIpc) is 3.24. The fraction of sp³-hybridized carbons (Fsp3) is 0.286. The maximum absolute atomic E-state index is 12.9. The lowest BCUT2D eigenvalue weighted by molar-refractivity contribution is 0.281. The first-order valence-corrected chi connectivity index (χ1v) is 9.80. The summed E-state index contributed by atoms with van der Waals surface area (Å²) in [7, 11) is 0. The van der Waals surface area contributed by atoms with Gasteiger partial charge in [-0.3, -0.25) is 14.9 Å². The van der Waals surface area contributed by atoms with Crippen molar-refractivity contribution in [3.05, 3.63) is 65.2 Å². The maximum Gasteiger partial charge on any atom is 0.251 e. The summed E-state index contributed by atoms with van der Waals surface area (Å²) in [5.41, 5.74) is 3.84. The molecule has 8 heteroatoms. The zero-order chi connectivity index (χ0) is 19.4. The lowest BCUT2D eigenvalue weighted by Crippen LogP contribution is -2.47. The minimum atomic E-state index is 0.0729. The Balaban J connectivity index is 1.42. The molecule has 2 bridgehead atoms. The molecule has 6 rings (SSSR count). The van der Waals surface area contributed by atoms with Crippen LogP contribution in [0.3, 0.4) is 0 Å². The number of aromatic nitrogens is 6. The molecular weight excluding hydrogens is 366 g/mol. The molecule has 2 aliphatic rings. The molecule has 2 aliphatic heterocycles. The molecule has 0 spiro atoms. The molecule has 144 valence electrons. The molecule has 29 heavy (non-hydrogen) atoms. The van der Waals surface area contributed by atoms with Gasteiger partial charge in [0.15, 0.2) is 5.65 Å². The molecule has 2 atom stereocenters. The molecule has 0 saturated carbocycles. The Kier molecular flexibility index (Phi) is 3.53. The van der Waals surface area contributed by atoms with Gasteiger partial charge in [-0.15, -0.1) is 0 Å². The summed E-state index contributed by atoms with van der Waals surface area (Å²) < 4.78 is 1.96. The predicted molar refractivity (Wildman–Crippen MR) is 109 cm³/mol. The van der Waals surface area contributed by atoms with Crippen LogP contribution in [0, 0.1) is 5.92 Å². The summed E-state index contributed by atoms with van der Waals surface area (Å²) >= 11 is 0. The van der Waals surface area contributed by atoms with E-state index in [1.165, 1.54) is 0 Å². The van der Waals surface area contributed by atoms with E-state index in [2.05, 4.69) is 36.1 Å². The lowest BCUT2D eigenvalue weighted by atomic mass is 9.82. The highest BCUT2D eigenvalue weighted by molar-refractivity contribution is 5.86. The van der Waals surface area contributed by atoms with E-state index in [1.807, 2.05) is 16.7 Å². The number of anilines is 1. The van der Waals surface area contributed by atoms with Gasteiger partial charge in [-0.2, -0.15) is 5.10 Å². The first kappa shape index (κ1) is 16.4. The van der Waals surface area contributed by atoms with E-state index >= 15 is 0 Å². The smallest absolute Gasteiger partial charge is 0.251 e. The van der Waals surface area contributed by atoms with Crippen LogP contribution in [0.2, 0.25) is 0 Å². The number of fused-ring (bicyclic) bond motifs is 5. The number of piperidine rings is 1. The minimum Gasteiger partial charge on any atom is -0.355 e. The Morgan fingerprint density at radius 2 is 2.03 bits per heavy atom. The van der Waals surface area contributed by atoms with Gasteiger partial charge < -0.3 is 9.47 Å². The number of H-pyrrole nitrogens is 1. The molecule has 0 radical (unpaired) electrons. The molecule has 0 aromatic carbocycles. The van der Waals surface area contributed by atoms with Crippen LogP contribution in [0.25, 0.3) is 22.2 Å². The number of hydrogen-bond donors (Lipinski definition) is 1. The largest absolute Gasteiger partial charge is 0.355 e. The van der Waals surface area contributed by atoms with Crippen LogP contribution >= 0.6 is 0 Å². The Labute approximate surface area is 166 Å². The molecule has 1 N–H and O–H groups in total. The second-order valence-corrected chi connectivity index (χ2v) is 7.89. The van der Waals surface area contributed by atoms with E-state index < -0.39 is 0 Å². The standard InChI is InChI=1S/C21H19N7O/c29-19-6-15(14-2-1-3-22-7-14)5-18-16-4-13(10-28(18)19)9-27(11-16)21-17-8-25-26-20(17)23-12-24-21/h1-3,5-8,12-13,16H,4,9-11H2,(H,23,24,25,26)/t13-,16+/m0/s1. The van der Waals surface area contributed by atoms with Crippen LogP contribution in [0.15, 0.2) is 54.0 Å². The fourth-order valence-electron chi connectivity index (χ4n) is 4.84. The van der Waals surface area contributed by atoms with Crippen molar-refractivity contribution in [2.75, 3.05) is 18.0 Å². The van der Waals surface area contributed by atoms with Gasteiger partial charge in [-0.05, 0) is 30.0 Å². The van der Waals surface area contributed by atoms with Gasteiger partial charge in [0, 0.05) is 55.3 Å². The van der Waals surface area contributed by atoms with E-state index in [-0.39, 0.29) is 11.5 Å². The number of hydrogen-bond acceptors (Lipinski definition) is 6. The Hall–Kier alpha value is -3.55. The molecule has 4 aromatic heterocycles. The van der Waals surface area contributed by atoms with Crippen molar-refractivity contribution < 1.29 is 0 Å². The molecular formula is C21H19N7O. The molecule has 0 amide bonds. The van der Waals surface area contributed by atoms with Crippen LogP contribution in [0.1, 0.15) is 18.0 Å². The van der Waals surface area contributed by atoms with E-state index in [9.17, 15) is 4.79 Å². The predicted octanol–water partition coefficient (Wildman–Crippen LogP) is 2.20. The van der Waals surface area contributed by atoms with Crippen molar-refractivity contribution >= 4 is 16.9 Å². The van der Waals surface area contributed by atoms with Gasteiger partial charge in [0.1, 0.15) is 12.1 Å². The SMILES string of the molecule is O=c1cc(-c2cccnc2)cc2n1C[C@H]1C[C@@H]2CN(c2ncnc3[nH]ncc23)C1. The highest BCUT2D eigenvalue weighted by Gasteiger charge is 2.36. The summed E-state index contributed by atoms with van der Waals surface area (Å²) in [6.07, 6.45) is 8.01. The molecule has 4 aromatic rings. The van der Waals surface area contributed by atoms with Crippen molar-refractivity contribution in [3.63, 3.8) is 0 Å². The average molecular weight is 385 g/mol. The van der Waals surface area contributed by atoms with Crippen molar-refractivity contribution in [3.8, 4) is 11.1 Å². The first-order valence-electron chi connectivity index (χ1n) is 9.80. The van der Waals surface area contributed by atoms with Gasteiger partial charge in [0.05, 0.1) is 11.6 Å². The summed E-state index contributed by atoms with van der Waals surface area (Å²) in [5.74, 6) is 1.61.